The highest BCUT2D eigenvalue weighted by Gasteiger charge is 2.39. The van der Waals surface area contributed by atoms with Crippen molar-refractivity contribution in [2.45, 2.75) is 25.1 Å². The summed E-state index contributed by atoms with van der Waals surface area (Å²) in [5.74, 6) is -0.504. The standard InChI is InChI=1S/C13H13BrF3NO2/c1-20-12(19)10-3-2-6-18(10)11-7-8(14)4-5-9(11)13(15,16)17/h4-5,7,10H,2-3,6H2,1H3. The molecule has 0 saturated carbocycles. The lowest BCUT2D eigenvalue weighted by molar-refractivity contribution is -0.142. The van der Waals surface area contributed by atoms with Crippen LogP contribution in [-0.2, 0) is 15.7 Å². The van der Waals surface area contributed by atoms with E-state index in [1.165, 1.54) is 24.1 Å². The molecule has 3 nitrogen and oxygen atoms in total. The Morgan fingerprint density at radius 1 is 1.45 bits per heavy atom. The summed E-state index contributed by atoms with van der Waals surface area (Å²) in [6.45, 7) is 0.402. The van der Waals surface area contributed by atoms with Crippen LogP contribution < -0.4 is 4.90 Å². The van der Waals surface area contributed by atoms with Crippen LogP contribution in [0, 0.1) is 0 Å². The second-order valence-electron chi connectivity index (χ2n) is 4.53. The molecule has 1 unspecified atom stereocenters. The van der Waals surface area contributed by atoms with Crippen LogP contribution in [0.3, 0.4) is 0 Å². The van der Waals surface area contributed by atoms with Gasteiger partial charge in [0.25, 0.3) is 0 Å². The van der Waals surface area contributed by atoms with E-state index in [-0.39, 0.29) is 5.69 Å². The molecule has 20 heavy (non-hydrogen) atoms. The van der Waals surface area contributed by atoms with Crippen molar-refractivity contribution >= 4 is 27.6 Å². The molecular formula is C13H13BrF3NO2. The van der Waals surface area contributed by atoms with Gasteiger partial charge in [-0.3, -0.25) is 0 Å². The van der Waals surface area contributed by atoms with Crippen molar-refractivity contribution in [3.05, 3.63) is 28.2 Å². The Balaban J connectivity index is 2.45. The lowest BCUT2D eigenvalue weighted by Gasteiger charge is -2.28. The zero-order valence-corrected chi connectivity index (χ0v) is 12.3. The highest BCUT2D eigenvalue weighted by molar-refractivity contribution is 9.10. The molecule has 1 aliphatic heterocycles. The van der Waals surface area contributed by atoms with Gasteiger partial charge in [-0.15, -0.1) is 0 Å². The molecule has 1 heterocycles. The highest BCUT2D eigenvalue weighted by atomic mass is 79.9. The monoisotopic (exact) mass is 351 g/mol. The van der Waals surface area contributed by atoms with E-state index in [1.807, 2.05) is 0 Å². The third kappa shape index (κ3) is 2.92. The number of ether oxygens (including phenoxy) is 1. The summed E-state index contributed by atoms with van der Waals surface area (Å²) in [6, 6.07) is 3.10. The first-order chi connectivity index (χ1) is 9.34. The van der Waals surface area contributed by atoms with E-state index in [4.69, 9.17) is 0 Å². The lowest BCUT2D eigenvalue weighted by Crippen LogP contribution is -2.38. The number of alkyl halides is 3. The fraction of sp³-hybridized carbons (Fsp3) is 0.462. The lowest BCUT2D eigenvalue weighted by atomic mass is 10.1. The van der Waals surface area contributed by atoms with E-state index in [0.29, 0.717) is 23.9 Å². The fourth-order valence-corrected chi connectivity index (χ4v) is 2.77. The van der Waals surface area contributed by atoms with Gasteiger partial charge in [-0.1, -0.05) is 15.9 Å². The first-order valence-electron chi connectivity index (χ1n) is 6.06. The summed E-state index contributed by atoms with van der Waals surface area (Å²) in [4.78, 5) is 13.2. The number of esters is 1. The van der Waals surface area contributed by atoms with Crippen LogP contribution in [0.25, 0.3) is 0 Å². The molecule has 1 aromatic carbocycles. The molecule has 1 fully saturated rings. The number of anilines is 1. The van der Waals surface area contributed by atoms with Gasteiger partial charge in [0.05, 0.1) is 18.4 Å². The predicted molar refractivity (Wildman–Crippen MR) is 71.5 cm³/mol. The van der Waals surface area contributed by atoms with Crippen molar-refractivity contribution in [1.82, 2.24) is 0 Å². The summed E-state index contributed by atoms with van der Waals surface area (Å²) in [7, 11) is 1.24. The molecule has 2 rings (SSSR count). The second kappa shape index (κ2) is 5.63. The Labute approximate surface area is 122 Å². The van der Waals surface area contributed by atoms with Gasteiger partial charge in [-0.25, -0.2) is 4.79 Å². The van der Waals surface area contributed by atoms with E-state index in [1.54, 1.807) is 0 Å². The number of rotatable bonds is 2. The number of carbonyl (C=O) groups is 1. The highest BCUT2D eigenvalue weighted by Crippen LogP contribution is 2.40. The van der Waals surface area contributed by atoms with Crippen molar-refractivity contribution in [2.24, 2.45) is 0 Å². The zero-order valence-electron chi connectivity index (χ0n) is 10.7. The average Bonchev–Trinajstić information content (AvgIpc) is 2.85. The van der Waals surface area contributed by atoms with Crippen molar-refractivity contribution in [3.63, 3.8) is 0 Å². The van der Waals surface area contributed by atoms with Crippen LogP contribution in [0.1, 0.15) is 18.4 Å². The van der Waals surface area contributed by atoms with Crippen LogP contribution in [0.2, 0.25) is 0 Å². The fourth-order valence-electron chi connectivity index (χ4n) is 2.42. The number of benzene rings is 1. The molecule has 1 aliphatic rings. The van der Waals surface area contributed by atoms with Crippen molar-refractivity contribution < 1.29 is 22.7 Å². The van der Waals surface area contributed by atoms with E-state index in [9.17, 15) is 18.0 Å². The summed E-state index contributed by atoms with van der Waals surface area (Å²) in [5, 5.41) is 0. The SMILES string of the molecule is COC(=O)C1CCCN1c1cc(Br)ccc1C(F)(F)F. The number of halogens is 4. The van der Waals surface area contributed by atoms with Crippen LogP contribution in [0.15, 0.2) is 22.7 Å². The molecule has 1 aromatic rings. The minimum absolute atomic E-state index is 0.0137. The molecular weight excluding hydrogens is 339 g/mol. The topological polar surface area (TPSA) is 29.5 Å². The molecule has 0 aliphatic carbocycles. The number of nitrogens with zero attached hydrogens (tertiary/aromatic N) is 1. The molecule has 110 valence electrons. The molecule has 0 bridgehead atoms. The van der Waals surface area contributed by atoms with Gasteiger partial charge in [-0.05, 0) is 31.0 Å². The van der Waals surface area contributed by atoms with Crippen molar-refractivity contribution in [1.29, 1.82) is 0 Å². The number of carbonyl (C=O) groups excluding carboxylic acids is 1. The average molecular weight is 352 g/mol. The quantitative estimate of drug-likeness (QED) is 0.762. The zero-order chi connectivity index (χ0) is 14.9. The van der Waals surface area contributed by atoms with Crippen molar-refractivity contribution in [2.75, 3.05) is 18.6 Å². The number of hydrogen-bond acceptors (Lipinski definition) is 3. The van der Waals surface area contributed by atoms with E-state index < -0.39 is 23.8 Å². The Morgan fingerprint density at radius 3 is 2.75 bits per heavy atom. The van der Waals surface area contributed by atoms with Gasteiger partial charge in [0.1, 0.15) is 6.04 Å². The Bertz CT molecular complexity index is 519. The Hall–Kier alpha value is -1.24. The molecule has 0 N–H and O–H groups in total. The molecule has 1 saturated heterocycles. The number of hydrogen-bond donors (Lipinski definition) is 0. The molecule has 0 spiro atoms. The smallest absolute Gasteiger partial charge is 0.418 e. The van der Waals surface area contributed by atoms with E-state index >= 15 is 0 Å². The maximum absolute atomic E-state index is 13.1. The minimum atomic E-state index is -4.46. The van der Waals surface area contributed by atoms with Gasteiger partial charge in [0.15, 0.2) is 0 Å². The maximum Gasteiger partial charge on any atom is 0.418 e. The van der Waals surface area contributed by atoms with Crippen LogP contribution >= 0.6 is 15.9 Å². The maximum atomic E-state index is 13.1. The molecule has 0 amide bonds. The molecule has 1 atom stereocenters. The first kappa shape index (κ1) is 15.2. The first-order valence-corrected chi connectivity index (χ1v) is 6.85. The summed E-state index contributed by atoms with van der Waals surface area (Å²) in [5.41, 5.74) is -0.726. The van der Waals surface area contributed by atoms with Crippen LogP contribution in [-0.4, -0.2) is 25.7 Å². The largest absolute Gasteiger partial charge is 0.467 e. The molecule has 0 aromatic heterocycles. The summed E-state index contributed by atoms with van der Waals surface area (Å²) in [6.07, 6.45) is -3.31. The second-order valence-corrected chi connectivity index (χ2v) is 5.45. The van der Waals surface area contributed by atoms with E-state index in [0.717, 1.165) is 6.07 Å². The third-order valence-electron chi connectivity index (χ3n) is 3.30. The van der Waals surface area contributed by atoms with Crippen LogP contribution in [0.5, 0.6) is 0 Å². The van der Waals surface area contributed by atoms with Gasteiger partial charge in [-0.2, -0.15) is 13.2 Å². The number of methoxy groups -OCH3 is 1. The Morgan fingerprint density at radius 2 is 2.15 bits per heavy atom. The minimum Gasteiger partial charge on any atom is -0.467 e. The van der Waals surface area contributed by atoms with Gasteiger partial charge >= 0.3 is 12.1 Å². The van der Waals surface area contributed by atoms with Crippen LogP contribution in [0.4, 0.5) is 18.9 Å². The third-order valence-corrected chi connectivity index (χ3v) is 3.79. The normalized spacial score (nSPS) is 19.2. The van der Waals surface area contributed by atoms with Gasteiger partial charge < -0.3 is 9.64 Å². The molecule has 0 radical (unpaired) electrons. The summed E-state index contributed by atoms with van der Waals surface area (Å²) >= 11 is 3.17. The van der Waals surface area contributed by atoms with E-state index in [2.05, 4.69) is 20.7 Å². The Kier molecular flexibility index (Phi) is 4.27. The van der Waals surface area contributed by atoms with Gasteiger partial charge in [0.2, 0.25) is 0 Å². The van der Waals surface area contributed by atoms with Gasteiger partial charge in [0, 0.05) is 11.0 Å². The molecule has 7 heteroatoms. The predicted octanol–water partition coefficient (Wildman–Crippen LogP) is 3.61. The summed E-state index contributed by atoms with van der Waals surface area (Å²) < 4.78 is 44.5. The van der Waals surface area contributed by atoms with Crippen molar-refractivity contribution in [3.8, 4) is 0 Å².